The largest absolute Gasteiger partial charge is 0.267 e. The lowest BCUT2D eigenvalue weighted by molar-refractivity contribution is 0.526. The summed E-state index contributed by atoms with van der Waals surface area (Å²) in [6.45, 7) is 0. The third-order valence-corrected chi connectivity index (χ3v) is 2.62. The second-order valence-corrected chi connectivity index (χ2v) is 4.39. The molecule has 8 heteroatoms. The number of isocyanates is 1. The van der Waals surface area contributed by atoms with Gasteiger partial charge in [0, 0.05) is 17.7 Å². The van der Waals surface area contributed by atoms with Gasteiger partial charge >= 0.3 is 0 Å². The van der Waals surface area contributed by atoms with Crippen LogP contribution in [0.3, 0.4) is 0 Å². The van der Waals surface area contributed by atoms with Gasteiger partial charge in [0.2, 0.25) is 0 Å². The van der Waals surface area contributed by atoms with E-state index in [1.54, 1.807) is 0 Å². The molecule has 0 bridgehead atoms. The van der Waals surface area contributed by atoms with Gasteiger partial charge in [-0.3, -0.25) is 0 Å². The van der Waals surface area contributed by atoms with E-state index in [4.69, 9.17) is 0 Å². The van der Waals surface area contributed by atoms with Crippen molar-refractivity contribution in [3.8, 4) is 0 Å². The monoisotopic (exact) mass is 251 g/mol. The molecule has 1 aromatic carbocycles. The molecule has 16 heavy (non-hydrogen) atoms. The molecule has 1 rings (SSSR count). The van der Waals surface area contributed by atoms with Gasteiger partial charge in [-0.15, -0.1) is 0 Å². The Morgan fingerprint density at radius 2 is 1.69 bits per heavy atom. The van der Waals surface area contributed by atoms with E-state index in [9.17, 15) is 26.4 Å². The molecule has 1 aromatic rings. The maximum Gasteiger partial charge on any atom is 0.267 e. The summed E-state index contributed by atoms with van der Waals surface area (Å²) in [6, 6.07) is 0.664. The molecule has 0 spiro atoms. The Hall–Kier alpha value is -1.66. The van der Waals surface area contributed by atoms with Crippen molar-refractivity contribution >= 4 is 16.1 Å². The molecule has 86 valence electrons. The third-order valence-electron chi connectivity index (χ3n) is 1.61. The van der Waals surface area contributed by atoms with Crippen LogP contribution in [0.2, 0.25) is 0 Å². The molecule has 0 aliphatic heterocycles. The van der Waals surface area contributed by atoms with E-state index in [-0.39, 0.29) is 0 Å². The summed E-state index contributed by atoms with van der Waals surface area (Å²) >= 11 is 0. The molecule has 0 aliphatic rings. The Balaban J connectivity index is 3.22. The topological polar surface area (TPSA) is 63.6 Å². The maximum atomic E-state index is 13.0. The fraction of sp³-hybridized carbons (Fsp3) is 0.125. The van der Waals surface area contributed by atoms with Crippen LogP contribution in [0.1, 0.15) is 5.56 Å². The smallest absolute Gasteiger partial charge is 0.210 e. The fourth-order valence-corrected chi connectivity index (χ4v) is 1.80. The SMILES string of the molecule is O=C=NS(=O)(=O)Cc1c(F)cc(F)cc1F. The standard InChI is InChI=1S/C8H4F3NO3S/c9-5-1-7(10)6(8(11)2-5)3-16(14,15)12-4-13/h1-2H,3H2. The van der Waals surface area contributed by atoms with E-state index in [1.807, 2.05) is 0 Å². The summed E-state index contributed by atoms with van der Waals surface area (Å²) in [5, 5.41) is 0. The van der Waals surface area contributed by atoms with Gasteiger partial charge in [-0.05, 0) is 0 Å². The molecular weight excluding hydrogens is 247 g/mol. The first kappa shape index (κ1) is 12.4. The van der Waals surface area contributed by atoms with Gasteiger partial charge in [0.1, 0.15) is 23.2 Å². The van der Waals surface area contributed by atoms with Gasteiger partial charge in [-0.25, -0.2) is 26.4 Å². The van der Waals surface area contributed by atoms with E-state index in [2.05, 4.69) is 4.40 Å². The minimum atomic E-state index is -4.34. The fourth-order valence-electron chi connectivity index (χ4n) is 0.981. The van der Waals surface area contributed by atoms with Crippen LogP contribution in [0.15, 0.2) is 16.5 Å². The summed E-state index contributed by atoms with van der Waals surface area (Å²) in [7, 11) is -4.34. The number of nitrogens with zero attached hydrogens (tertiary/aromatic N) is 1. The Kier molecular flexibility index (Phi) is 3.46. The lowest BCUT2D eigenvalue weighted by Crippen LogP contribution is -2.05. The first-order valence-electron chi connectivity index (χ1n) is 3.81. The quantitative estimate of drug-likeness (QED) is 0.600. The van der Waals surface area contributed by atoms with E-state index in [1.165, 1.54) is 0 Å². The first-order chi connectivity index (χ1) is 7.35. The molecule has 0 aliphatic carbocycles. The molecule has 0 fully saturated rings. The van der Waals surface area contributed by atoms with Crippen molar-refractivity contribution in [2.75, 3.05) is 0 Å². The maximum absolute atomic E-state index is 13.0. The van der Waals surface area contributed by atoms with Gasteiger partial charge in [0.05, 0.1) is 0 Å². The van der Waals surface area contributed by atoms with Crippen LogP contribution in [0.25, 0.3) is 0 Å². The highest BCUT2D eigenvalue weighted by molar-refractivity contribution is 7.89. The van der Waals surface area contributed by atoms with Gasteiger partial charge in [-0.2, -0.15) is 0 Å². The summed E-state index contributed by atoms with van der Waals surface area (Å²) in [5.74, 6) is -5.06. The van der Waals surface area contributed by atoms with Crippen molar-refractivity contribution in [3.63, 3.8) is 0 Å². The highest BCUT2D eigenvalue weighted by atomic mass is 32.2. The van der Waals surface area contributed by atoms with Gasteiger partial charge in [-0.1, -0.05) is 4.40 Å². The Morgan fingerprint density at radius 1 is 1.19 bits per heavy atom. The van der Waals surface area contributed by atoms with Crippen LogP contribution in [0.5, 0.6) is 0 Å². The number of rotatable bonds is 3. The van der Waals surface area contributed by atoms with Crippen LogP contribution in [0.4, 0.5) is 13.2 Å². The van der Waals surface area contributed by atoms with Crippen LogP contribution in [0, 0.1) is 17.5 Å². The van der Waals surface area contributed by atoms with E-state index in [0.29, 0.717) is 12.1 Å². The third kappa shape index (κ3) is 2.91. The molecule has 0 aromatic heterocycles. The predicted molar refractivity (Wildman–Crippen MR) is 47.1 cm³/mol. The van der Waals surface area contributed by atoms with Crippen molar-refractivity contribution in [1.82, 2.24) is 0 Å². The predicted octanol–water partition coefficient (Wildman–Crippen LogP) is 1.27. The molecule has 0 atom stereocenters. The van der Waals surface area contributed by atoms with Gasteiger partial charge in [0.25, 0.3) is 16.1 Å². The molecule has 0 amide bonds. The molecule has 0 N–H and O–H groups in total. The van der Waals surface area contributed by atoms with Crippen molar-refractivity contribution in [1.29, 1.82) is 0 Å². The number of halogens is 3. The highest BCUT2D eigenvalue weighted by Gasteiger charge is 2.18. The first-order valence-corrected chi connectivity index (χ1v) is 5.42. The van der Waals surface area contributed by atoms with E-state index >= 15 is 0 Å². The Bertz CT molecular complexity index is 541. The van der Waals surface area contributed by atoms with Crippen LogP contribution in [-0.2, 0) is 20.6 Å². The summed E-state index contributed by atoms with van der Waals surface area (Å²) in [4.78, 5) is 9.72. The van der Waals surface area contributed by atoms with Gasteiger partial charge in [0.15, 0.2) is 0 Å². The summed E-state index contributed by atoms with van der Waals surface area (Å²) in [6.07, 6.45) is 0.747. The molecule has 0 saturated carbocycles. The number of benzene rings is 1. The van der Waals surface area contributed by atoms with E-state index < -0.39 is 38.8 Å². The lowest BCUT2D eigenvalue weighted by atomic mass is 10.2. The average molecular weight is 251 g/mol. The number of hydrogen-bond acceptors (Lipinski definition) is 3. The molecule has 0 radical (unpaired) electrons. The minimum absolute atomic E-state index is 0.332. The second kappa shape index (κ2) is 4.46. The Labute approximate surface area is 88.5 Å². The van der Waals surface area contributed by atoms with Gasteiger partial charge < -0.3 is 0 Å². The van der Waals surface area contributed by atoms with Crippen LogP contribution >= 0.6 is 0 Å². The van der Waals surface area contributed by atoms with E-state index in [0.717, 1.165) is 6.08 Å². The highest BCUT2D eigenvalue weighted by Crippen LogP contribution is 2.17. The molecule has 0 unspecified atom stereocenters. The Morgan fingerprint density at radius 3 is 2.12 bits per heavy atom. The number of sulfonamides is 1. The minimum Gasteiger partial charge on any atom is -0.210 e. The molecule has 4 nitrogen and oxygen atoms in total. The zero-order valence-electron chi connectivity index (χ0n) is 7.58. The van der Waals surface area contributed by atoms with Crippen LogP contribution < -0.4 is 0 Å². The molecular formula is C8H4F3NO3S. The second-order valence-electron chi connectivity index (χ2n) is 2.76. The molecule has 0 saturated heterocycles. The summed E-state index contributed by atoms with van der Waals surface area (Å²) in [5.41, 5.74) is -0.875. The van der Waals surface area contributed by atoms with Crippen molar-refractivity contribution in [2.24, 2.45) is 4.40 Å². The zero-order chi connectivity index (χ0) is 12.3. The summed E-state index contributed by atoms with van der Waals surface area (Å²) < 4.78 is 62.7. The molecule has 0 heterocycles. The zero-order valence-corrected chi connectivity index (χ0v) is 8.39. The normalized spacial score (nSPS) is 10.9. The van der Waals surface area contributed by atoms with Crippen molar-refractivity contribution in [2.45, 2.75) is 5.75 Å². The number of hydrogen-bond donors (Lipinski definition) is 0. The average Bonchev–Trinajstić information content (AvgIpc) is 2.11. The van der Waals surface area contributed by atoms with Crippen LogP contribution in [-0.4, -0.2) is 14.5 Å². The van der Waals surface area contributed by atoms with Crippen molar-refractivity contribution in [3.05, 3.63) is 35.1 Å². The number of carbonyl (C=O) groups excluding carboxylic acids is 1. The van der Waals surface area contributed by atoms with Crippen molar-refractivity contribution < 1.29 is 26.4 Å². The lowest BCUT2D eigenvalue weighted by Gasteiger charge is -2.02.